The molecule has 0 bridgehead atoms. The summed E-state index contributed by atoms with van der Waals surface area (Å²) in [4.78, 5) is 17.2. The molecule has 0 spiro atoms. The smallest absolute Gasteiger partial charge is 0.373 e. The molecule has 11 heteroatoms. The van der Waals surface area contributed by atoms with Crippen molar-refractivity contribution in [2.45, 2.75) is 12.6 Å². The fraction of sp³-hybridized carbons (Fsp3) is 0.611. The molecule has 2 rings (SSSR count). The van der Waals surface area contributed by atoms with Crippen molar-refractivity contribution in [3.8, 4) is 0 Å². The molecule has 0 saturated carbocycles. The molecule has 0 aliphatic carbocycles. The first-order valence-electron chi connectivity index (χ1n) is 9.16. The average molecular weight is 424 g/mol. The highest BCUT2D eigenvalue weighted by Crippen LogP contribution is 2.25. The second-order valence-electron chi connectivity index (χ2n) is 6.96. The molecular formula is C18H25F5N4O2. The van der Waals surface area contributed by atoms with Gasteiger partial charge in [0.05, 0.1) is 0 Å². The number of benzene rings is 1. The number of ether oxygens (including phenoxy) is 1. The van der Waals surface area contributed by atoms with Crippen LogP contribution in [0.2, 0.25) is 0 Å². The second kappa shape index (κ2) is 10.1. The third-order valence-corrected chi connectivity index (χ3v) is 4.40. The van der Waals surface area contributed by atoms with Crippen LogP contribution in [0.1, 0.15) is 6.42 Å². The summed E-state index contributed by atoms with van der Waals surface area (Å²) in [6, 6.07) is 1.66. The Labute approximate surface area is 166 Å². The Bertz CT molecular complexity index is 668. The van der Waals surface area contributed by atoms with Gasteiger partial charge in [0.25, 0.3) is 0 Å². The molecule has 0 unspecified atom stereocenters. The topological polar surface area (TPSA) is 48.1 Å². The number of nitrogens with one attached hydrogen (secondary N) is 1. The van der Waals surface area contributed by atoms with Gasteiger partial charge in [-0.1, -0.05) is 0 Å². The van der Waals surface area contributed by atoms with Crippen LogP contribution in [0, 0.1) is 11.6 Å². The van der Waals surface area contributed by atoms with Crippen LogP contribution in [-0.2, 0) is 4.74 Å². The van der Waals surface area contributed by atoms with Gasteiger partial charge in [0.1, 0.15) is 12.3 Å². The number of nitrogens with zero attached hydrogens (tertiary/aromatic N) is 3. The number of carbonyl (C=O) groups excluding carboxylic acids is 1. The lowest BCUT2D eigenvalue weighted by molar-refractivity contribution is -0.174. The van der Waals surface area contributed by atoms with Crippen molar-refractivity contribution >= 4 is 17.4 Å². The van der Waals surface area contributed by atoms with Crippen LogP contribution in [0.4, 0.5) is 38.1 Å². The van der Waals surface area contributed by atoms with Gasteiger partial charge in [-0.25, -0.2) is 13.6 Å². The van der Waals surface area contributed by atoms with Crippen LogP contribution in [0.15, 0.2) is 12.1 Å². The van der Waals surface area contributed by atoms with Gasteiger partial charge in [-0.15, -0.1) is 0 Å². The van der Waals surface area contributed by atoms with Gasteiger partial charge >= 0.3 is 12.2 Å². The van der Waals surface area contributed by atoms with Crippen molar-refractivity contribution in [2.24, 2.45) is 0 Å². The monoisotopic (exact) mass is 424 g/mol. The summed E-state index contributed by atoms with van der Waals surface area (Å²) in [6.45, 7) is 1.23. The number of amides is 2. The first-order chi connectivity index (χ1) is 13.6. The molecule has 0 atom stereocenters. The minimum Gasteiger partial charge on any atom is -0.373 e. The molecular weight excluding hydrogens is 399 g/mol. The summed E-state index contributed by atoms with van der Waals surface area (Å²) in [7, 11) is 3.03. The Morgan fingerprint density at radius 3 is 2.24 bits per heavy atom. The van der Waals surface area contributed by atoms with Crippen molar-refractivity contribution in [2.75, 3.05) is 70.2 Å². The highest BCUT2D eigenvalue weighted by molar-refractivity contribution is 5.89. The van der Waals surface area contributed by atoms with Crippen molar-refractivity contribution in [3.63, 3.8) is 0 Å². The maximum Gasteiger partial charge on any atom is 0.411 e. The molecule has 1 aromatic rings. The summed E-state index contributed by atoms with van der Waals surface area (Å²) < 4.78 is 68.6. The minimum atomic E-state index is -4.32. The normalized spacial score (nSPS) is 15.5. The number of halogens is 5. The molecule has 29 heavy (non-hydrogen) atoms. The summed E-state index contributed by atoms with van der Waals surface area (Å²) in [5.74, 6) is -1.55. The second-order valence-corrected chi connectivity index (χ2v) is 6.96. The lowest BCUT2D eigenvalue weighted by Crippen LogP contribution is -2.50. The molecule has 1 aliphatic rings. The number of rotatable bonds is 7. The van der Waals surface area contributed by atoms with Crippen molar-refractivity contribution < 1.29 is 31.5 Å². The zero-order valence-electron chi connectivity index (χ0n) is 16.4. The highest BCUT2D eigenvalue weighted by atomic mass is 19.4. The Hall–Kier alpha value is -2.14. The average Bonchev–Trinajstić information content (AvgIpc) is 2.60. The van der Waals surface area contributed by atoms with E-state index >= 15 is 0 Å². The molecule has 1 saturated heterocycles. The SMILES string of the molecule is CN(C)c1c(F)cc(NC(=O)N2CCN(CCCOCC(F)(F)F)CC2)cc1F. The molecule has 1 N–H and O–H groups in total. The van der Waals surface area contributed by atoms with E-state index in [4.69, 9.17) is 0 Å². The Morgan fingerprint density at radius 2 is 1.72 bits per heavy atom. The van der Waals surface area contributed by atoms with E-state index in [1.54, 1.807) is 0 Å². The molecule has 0 aromatic heterocycles. The van der Waals surface area contributed by atoms with Crippen LogP contribution in [0.5, 0.6) is 0 Å². The molecule has 1 aliphatic heterocycles. The number of hydrogen-bond acceptors (Lipinski definition) is 4. The predicted molar refractivity (Wildman–Crippen MR) is 99.2 cm³/mol. The summed E-state index contributed by atoms with van der Waals surface area (Å²) in [6.07, 6.45) is -3.86. The van der Waals surface area contributed by atoms with Gasteiger partial charge in [-0.05, 0) is 18.6 Å². The zero-order chi connectivity index (χ0) is 21.6. The standard InChI is InChI=1S/C18H25F5N4O2/c1-25(2)16-14(19)10-13(11-15(16)20)24-17(28)27-7-5-26(6-8-27)4-3-9-29-12-18(21,22)23/h10-11H,3-9,12H2,1-2H3,(H,24,28). The fourth-order valence-corrected chi connectivity index (χ4v) is 3.02. The number of hydrogen-bond donors (Lipinski definition) is 1. The van der Waals surface area contributed by atoms with E-state index in [0.717, 1.165) is 12.1 Å². The van der Waals surface area contributed by atoms with Crippen LogP contribution < -0.4 is 10.2 Å². The molecule has 164 valence electrons. The number of anilines is 2. The van der Waals surface area contributed by atoms with E-state index < -0.39 is 30.4 Å². The molecule has 1 fully saturated rings. The highest BCUT2D eigenvalue weighted by Gasteiger charge is 2.27. The first-order valence-corrected chi connectivity index (χ1v) is 9.16. The van der Waals surface area contributed by atoms with Gasteiger partial charge in [0, 0.05) is 59.1 Å². The minimum absolute atomic E-state index is 0.0142. The van der Waals surface area contributed by atoms with Gasteiger partial charge in [0.2, 0.25) is 0 Å². The van der Waals surface area contributed by atoms with Gasteiger partial charge in [0.15, 0.2) is 11.6 Å². The fourth-order valence-electron chi connectivity index (χ4n) is 3.02. The van der Waals surface area contributed by atoms with Gasteiger partial charge in [-0.3, -0.25) is 4.90 Å². The van der Waals surface area contributed by atoms with Crippen LogP contribution in [0.25, 0.3) is 0 Å². The number of piperazine rings is 1. The first kappa shape index (κ1) is 23.1. The Balaban J connectivity index is 1.75. The van der Waals surface area contributed by atoms with Crippen molar-refractivity contribution in [1.82, 2.24) is 9.80 Å². The number of urea groups is 1. The van der Waals surface area contributed by atoms with Crippen LogP contribution >= 0.6 is 0 Å². The van der Waals surface area contributed by atoms with Crippen LogP contribution in [0.3, 0.4) is 0 Å². The number of carbonyl (C=O) groups is 1. The lowest BCUT2D eigenvalue weighted by atomic mass is 10.2. The summed E-state index contributed by atoms with van der Waals surface area (Å²) in [5, 5.41) is 2.49. The van der Waals surface area contributed by atoms with E-state index in [-0.39, 0.29) is 18.0 Å². The molecule has 1 aromatic carbocycles. The Morgan fingerprint density at radius 1 is 1.14 bits per heavy atom. The molecule has 0 radical (unpaired) electrons. The van der Waals surface area contributed by atoms with E-state index in [9.17, 15) is 26.7 Å². The lowest BCUT2D eigenvalue weighted by Gasteiger charge is -2.34. The van der Waals surface area contributed by atoms with E-state index in [0.29, 0.717) is 39.1 Å². The predicted octanol–water partition coefficient (Wildman–Crippen LogP) is 3.15. The zero-order valence-corrected chi connectivity index (χ0v) is 16.4. The maximum absolute atomic E-state index is 14.0. The summed E-state index contributed by atoms with van der Waals surface area (Å²) >= 11 is 0. The maximum atomic E-state index is 14.0. The van der Waals surface area contributed by atoms with Crippen LogP contribution in [-0.4, -0.2) is 82.0 Å². The molecule has 1 heterocycles. The third-order valence-electron chi connectivity index (χ3n) is 4.40. The largest absolute Gasteiger partial charge is 0.411 e. The number of alkyl halides is 3. The Kier molecular flexibility index (Phi) is 8.03. The van der Waals surface area contributed by atoms with E-state index in [1.807, 2.05) is 4.90 Å². The van der Waals surface area contributed by atoms with E-state index in [2.05, 4.69) is 10.1 Å². The van der Waals surface area contributed by atoms with Gasteiger partial charge in [-0.2, -0.15) is 13.2 Å². The third kappa shape index (κ3) is 7.32. The van der Waals surface area contributed by atoms with Gasteiger partial charge < -0.3 is 19.9 Å². The van der Waals surface area contributed by atoms with E-state index in [1.165, 1.54) is 23.9 Å². The molecule has 2 amide bonds. The summed E-state index contributed by atoms with van der Waals surface area (Å²) in [5.41, 5.74) is -0.157. The quantitative estimate of drug-likeness (QED) is 0.540. The van der Waals surface area contributed by atoms with Crippen molar-refractivity contribution in [3.05, 3.63) is 23.8 Å². The van der Waals surface area contributed by atoms with Crippen molar-refractivity contribution in [1.29, 1.82) is 0 Å². The molecule has 6 nitrogen and oxygen atoms in total.